The van der Waals surface area contributed by atoms with Gasteiger partial charge in [-0.25, -0.2) is 0 Å². The van der Waals surface area contributed by atoms with Gasteiger partial charge < -0.3 is 14.4 Å². The largest absolute Gasteiger partial charge is 0.493 e. The van der Waals surface area contributed by atoms with Crippen molar-refractivity contribution in [1.82, 2.24) is 4.90 Å². The quantitative estimate of drug-likeness (QED) is 0.851. The highest BCUT2D eigenvalue weighted by Crippen LogP contribution is 2.45. The molecule has 2 atom stereocenters. The minimum atomic E-state index is 0.486. The van der Waals surface area contributed by atoms with Gasteiger partial charge in [-0.1, -0.05) is 24.6 Å². The van der Waals surface area contributed by atoms with Crippen molar-refractivity contribution < 1.29 is 9.47 Å². The molecule has 0 spiro atoms. The highest BCUT2D eigenvalue weighted by Gasteiger charge is 2.42. The van der Waals surface area contributed by atoms with Crippen molar-refractivity contribution in [3.8, 4) is 11.5 Å². The third kappa shape index (κ3) is 2.10. The van der Waals surface area contributed by atoms with E-state index in [1.165, 1.54) is 42.1 Å². The molecule has 0 aromatic heterocycles. The van der Waals surface area contributed by atoms with Gasteiger partial charge in [0.15, 0.2) is 16.7 Å². The molecule has 1 fully saturated rings. The molecule has 2 heterocycles. The number of benzene rings is 1. The molecule has 0 radical (unpaired) electrons. The number of hydrogen-bond acceptors (Lipinski definition) is 5. The number of methoxy groups -OCH3 is 2. The molecule has 0 amide bonds. The highest BCUT2D eigenvalue weighted by molar-refractivity contribution is 8.16. The Morgan fingerprint density at radius 3 is 2.77 bits per heavy atom. The van der Waals surface area contributed by atoms with Crippen molar-refractivity contribution in [1.29, 1.82) is 0 Å². The van der Waals surface area contributed by atoms with Gasteiger partial charge in [0, 0.05) is 11.0 Å². The van der Waals surface area contributed by atoms with Gasteiger partial charge in [0.2, 0.25) is 0 Å². The molecule has 0 N–H and O–H groups in total. The van der Waals surface area contributed by atoms with Crippen LogP contribution >= 0.6 is 11.8 Å². The van der Waals surface area contributed by atoms with E-state index in [0.717, 1.165) is 11.5 Å². The number of ether oxygens (including phenoxy) is 2. The van der Waals surface area contributed by atoms with Crippen LogP contribution in [0.5, 0.6) is 11.5 Å². The third-order valence-corrected chi connectivity index (χ3v) is 5.58. The molecule has 1 aromatic rings. The predicted octanol–water partition coefficient (Wildman–Crippen LogP) is 3.73. The summed E-state index contributed by atoms with van der Waals surface area (Å²) >= 11 is 1.75. The first-order valence-electron chi connectivity index (χ1n) is 7.78. The molecular weight excluding hydrogens is 296 g/mol. The number of rotatable bonds is 3. The molecule has 22 heavy (non-hydrogen) atoms. The van der Waals surface area contributed by atoms with Crippen molar-refractivity contribution in [2.24, 2.45) is 4.99 Å². The van der Waals surface area contributed by atoms with Crippen LogP contribution in [0.25, 0.3) is 5.70 Å². The van der Waals surface area contributed by atoms with Gasteiger partial charge in [0.25, 0.3) is 0 Å². The lowest BCUT2D eigenvalue weighted by Gasteiger charge is -2.32. The molecule has 4 nitrogen and oxygen atoms in total. The molecule has 4 rings (SSSR count). The van der Waals surface area contributed by atoms with Crippen LogP contribution in [-0.2, 0) is 0 Å². The highest BCUT2D eigenvalue weighted by atomic mass is 32.2. The van der Waals surface area contributed by atoms with Gasteiger partial charge in [-0.2, -0.15) is 0 Å². The van der Waals surface area contributed by atoms with E-state index < -0.39 is 0 Å². The van der Waals surface area contributed by atoms with Crippen LogP contribution in [0.4, 0.5) is 0 Å². The zero-order valence-corrected chi connectivity index (χ0v) is 13.7. The summed E-state index contributed by atoms with van der Waals surface area (Å²) in [7, 11) is 3.35. The fraction of sp³-hybridized carbons (Fsp3) is 0.471. The molecule has 0 bridgehead atoms. The second kappa shape index (κ2) is 5.54. The number of aliphatic imine (C=N–C) groups is 1. The summed E-state index contributed by atoms with van der Waals surface area (Å²) in [5.41, 5.74) is 2.42. The summed E-state index contributed by atoms with van der Waals surface area (Å²) in [5.74, 6) is 1.54. The van der Waals surface area contributed by atoms with E-state index in [9.17, 15) is 0 Å². The number of hydrogen-bond donors (Lipinski definition) is 0. The molecule has 5 heteroatoms. The molecule has 1 aromatic carbocycles. The summed E-state index contributed by atoms with van der Waals surface area (Å²) in [6.45, 7) is 0. The smallest absolute Gasteiger partial charge is 0.168 e. The molecule has 1 saturated carbocycles. The fourth-order valence-electron chi connectivity index (χ4n) is 3.63. The lowest BCUT2D eigenvalue weighted by atomic mass is 9.90. The first kappa shape index (κ1) is 14.0. The number of fused-ring (bicyclic) bond motifs is 3. The molecule has 0 saturated heterocycles. The van der Waals surface area contributed by atoms with Gasteiger partial charge in [-0.05, 0) is 31.0 Å². The Labute approximate surface area is 135 Å². The minimum absolute atomic E-state index is 0.486. The summed E-state index contributed by atoms with van der Waals surface area (Å²) < 4.78 is 10.8. The van der Waals surface area contributed by atoms with Crippen molar-refractivity contribution in [2.45, 2.75) is 37.8 Å². The Bertz CT molecular complexity index is 656. The minimum Gasteiger partial charge on any atom is -0.493 e. The first-order chi connectivity index (χ1) is 10.8. The summed E-state index contributed by atoms with van der Waals surface area (Å²) in [6.07, 6.45) is 5.09. The van der Waals surface area contributed by atoms with E-state index in [-0.39, 0.29) is 0 Å². The monoisotopic (exact) mass is 316 g/mol. The lowest BCUT2D eigenvalue weighted by Crippen LogP contribution is -2.38. The summed E-state index contributed by atoms with van der Waals surface area (Å²) in [5, 5.41) is 3.38. The third-order valence-electron chi connectivity index (χ3n) is 4.72. The predicted molar refractivity (Wildman–Crippen MR) is 90.4 cm³/mol. The zero-order valence-electron chi connectivity index (χ0n) is 12.9. The Morgan fingerprint density at radius 1 is 1.14 bits per heavy atom. The Balaban J connectivity index is 1.67. The maximum absolute atomic E-state index is 5.45. The van der Waals surface area contributed by atoms with Gasteiger partial charge in [0.05, 0.1) is 32.0 Å². The van der Waals surface area contributed by atoms with E-state index >= 15 is 0 Å². The van der Waals surface area contributed by atoms with E-state index in [1.807, 2.05) is 6.07 Å². The number of nitrogens with zero attached hydrogens (tertiary/aromatic N) is 2. The number of thioether (sulfide) groups is 1. The van der Waals surface area contributed by atoms with E-state index in [0.29, 0.717) is 12.1 Å². The Kier molecular flexibility index (Phi) is 3.53. The molecule has 2 aliphatic heterocycles. The van der Waals surface area contributed by atoms with Crippen LogP contribution in [0.3, 0.4) is 0 Å². The first-order valence-corrected chi connectivity index (χ1v) is 8.66. The van der Waals surface area contributed by atoms with Crippen molar-refractivity contribution >= 4 is 22.6 Å². The Morgan fingerprint density at radius 2 is 1.95 bits per heavy atom. The van der Waals surface area contributed by atoms with Gasteiger partial charge in [0.1, 0.15) is 0 Å². The Hall–Kier alpha value is -1.62. The molecule has 116 valence electrons. The van der Waals surface area contributed by atoms with Crippen LogP contribution in [0.1, 0.15) is 31.2 Å². The van der Waals surface area contributed by atoms with Crippen molar-refractivity contribution in [3.05, 3.63) is 29.2 Å². The van der Waals surface area contributed by atoms with Crippen LogP contribution < -0.4 is 9.47 Å². The maximum Gasteiger partial charge on any atom is 0.168 e. The molecule has 1 aliphatic carbocycles. The van der Waals surface area contributed by atoms with Crippen LogP contribution in [-0.4, -0.2) is 36.4 Å². The topological polar surface area (TPSA) is 34.1 Å². The summed E-state index contributed by atoms with van der Waals surface area (Å²) in [6, 6.07) is 7.17. The van der Waals surface area contributed by atoms with E-state index in [4.69, 9.17) is 14.5 Å². The fourth-order valence-corrected chi connectivity index (χ4v) is 4.64. The van der Waals surface area contributed by atoms with Crippen LogP contribution in [0.2, 0.25) is 0 Å². The van der Waals surface area contributed by atoms with Crippen LogP contribution in [0, 0.1) is 0 Å². The lowest BCUT2D eigenvalue weighted by molar-refractivity contribution is 0.305. The SMILES string of the molecule is COc1ccc(C2=CSC3=N[C@H]4CCCC[C@@H]4N23)cc1OC. The van der Waals surface area contributed by atoms with E-state index in [1.54, 1.807) is 26.0 Å². The molecule has 3 aliphatic rings. The molecule has 0 unspecified atom stereocenters. The maximum atomic E-state index is 5.45. The second-order valence-electron chi connectivity index (χ2n) is 5.89. The van der Waals surface area contributed by atoms with Gasteiger partial charge >= 0.3 is 0 Å². The average Bonchev–Trinajstić information content (AvgIpc) is 3.13. The van der Waals surface area contributed by atoms with Gasteiger partial charge in [-0.3, -0.25) is 4.99 Å². The standard InChI is InChI=1S/C17H20N2O2S/c1-20-15-8-7-11(9-16(15)21-2)14-10-22-17-18-12-5-3-4-6-13(12)19(14)17/h7-10,12-13H,3-6H2,1-2H3/t12-,13-/m0/s1. The van der Waals surface area contributed by atoms with Crippen molar-refractivity contribution in [2.75, 3.05) is 14.2 Å². The normalized spacial score (nSPS) is 26.2. The van der Waals surface area contributed by atoms with Gasteiger partial charge in [-0.15, -0.1) is 0 Å². The number of amidine groups is 1. The average molecular weight is 316 g/mol. The molecular formula is C17H20N2O2S. The zero-order chi connectivity index (χ0) is 15.1. The van der Waals surface area contributed by atoms with E-state index in [2.05, 4.69) is 22.4 Å². The van der Waals surface area contributed by atoms with Crippen molar-refractivity contribution in [3.63, 3.8) is 0 Å². The van der Waals surface area contributed by atoms with Crippen LogP contribution in [0.15, 0.2) is 28.6 Å². The summed E-state index contributed by atoms with van der Waals surface area (Å²) in [4.78, 5) is 7.36. The second-order valence-corrected chi connectivity index (χ2v) is 6.73.